The summed E-state index contributed by atoms with van der Waals surface area (Å²) in [6, 6.07) is 6.61. The Labute approximate surface area is 124 Å². The van der Waals surface area contributed by atoms with E-state index in [-0.39, 0.29) is 16.5 Å². The summed E-state index contributed by atoms with van der Waals surface area (Å²) >= 11 is 0. The number of piperidine rings is 1. The van der Waals surface area contributed by atoms with E-state index in [0.29, 0.717) is 6.54 Å². The normalized spacial score (nSPS) is 16.8. The molecule has 0 spiro atoms. The third kappa shape index (κ3) is 4.91. The molecule has 6 nitrogen and oxygen atoms in total. The van der Waals surface area contributed by atoms with Crippen molar-refractivity contribution in [1.82, 2.24) is 10.2 Å². The molecule has 1 N–H and O–H groups in total. The molecule has 1 aromatic carbocycles. The van der Waals surface area contributed by atoms with E-state index in [4.69, 9.17) is 0 Å². The summed E-state index contributed by atoms with van der Waals surface area (Å²) in [6.07, 6.45) is 3.00. The molecule has 0 unspecified atom stereocenters. The number of benzene rings is 1. The van der Waals surface area contributed by atoms with Crippen molar-refractivity contribution < 1.29 is 9.72 Å². The molecule has 1 heterocycles. The van der Waals surface area contributed by atoms with Crippen LogP contribution in [-0.4, -0.2) is 42.3 Å². The van der Waals surface area contributed by atoms with Crippen molar-refractivity contribution in [3.63, 3.8) is 0 Å². The number of non-ortho nitro benzene ring substituents is 1. The number of nitrogens with one attached hydrogen (secondary N) is 1. The zero-order valence-electron chi connectivity index (χ0n) is 12.0. The van der Waals surface area contributed by atoms with Crippen LogP contribution in [0.3, 0.4) is 0 Å². The van der Waals surface area contributed by atoms with Crippen LogP contribution >= 0.6 is 0 Å². The Kier molecular flexibility index (Phi) is 5.83. The quantitative estimate of drug-likeness (QED) is 0.357. The van der Waals surface area contributed by atoms with E-state index < -0.39 is 0 Å². The Balaban J connectivity index is 1.63. The molecular formula is C15H21N3O3. The van der Waals surface area contributed by atoms with Gasteiger partial charge < -0.3 is 15.0 Å². The van der Waals surface area contributed by atoms with Crippen molar-refractivity contribution in [3.05, 3.63) is 39.9 Å². The van der Waals surface area contributed by atoms with Crippen molar-refractivity contribution in [1.29, 1.82) is 0 Å². The van der Waals surface area contributed by atoms with Crippen LogP contribution in [0.2, 0.25) is 0 Å². The van der Waals surface area contributed by atoms with Gasteiger partial charge in [0.2, 0.25) is 0 Å². The van der Waals surface area contributed by atoms with Crippen LogP contribution in [0.1, 0.15) is 18.4 Å². The summed E-state index contributed by atoms with van der Waals surface area (Å²) in [5, 5.41) is 13.9. The van der Waals surface area contributed by atoms with Gasteiger partial charge in [0.15, 0.2) is 0 Å². The van der Waals surface area contributed by atoms with Gasteiger partial charge in [-0.05, 0) is 31.5 Å². The third-order valence-corrected chi connectivity index (χ3v) is 3.91. The van der Waals surface area contributed by atoms with Crippen molar-refractivity contribution in [2.75, 3.05) is 26.2 Å². The number of nitro benzene ring substituents is 1. The fraction of sp³-hybridized carbons (Fsp3) is 0.533. The van der Waals surface area contributed by atoms with Crippen molar-refractivity contribution in [3.8, 4) is 0 Å². The molecular weight excluding hydrogens is 270 g/mol. The van der Waals surface area contributed by atoms with Crippen molar-refractivity contribution in [2.45, 2.75) is 19.4 Å². The minimum Gasteiger partial charge on any atom is -0.311 e. The number of aldehydes is 1. The summed E-state index contributed by atoms with van der Waals surface area (Å²) in [4.78, 5) is 23.2. The molecule has 0 aromatic heterocycles. The third-order valence-electron chi connectivity index (χ3n) is 3.91. The van der Waals surface area contributed by atoms with Gasteiger partial charge in [0.25, 0.3) is 5.69 Å². The van der Waals surface area contributed by atoms with E-state index in [0.717, 1.165) is 50.9 Å². The van der Waals surface area contributed by atoms with Crippen molar-refractivity contribution in [2.24, 2.45) is 5.92 Å². The Morgan fingerprint density at radius 1 is 1.29 bits per heavy atom. The van der Waals surface area contributed by atoms with Crippen LogP contribution in [0.15, 0.2) is 24.3 Å². The number of likely N-dealkylation sites (tertiary alicyclic amines) is 1. The summed E-state index contributed by atoms with van der Waals surface area (Å²) in [5.74, 6) is 0.245. The number of carbonyl (C=O) groups excluding carboxylic acids is 1. The van der Waals surface area contributed by atoms with Gasteiger partial charge in [-0.3, -0.25) is 10.1 Å². The highest BCUT2D eigenvalue weighted by Crippen LogP contribution is 2.14. The van der Waals surface area contributed by atoms with Gasteiger partial charge in [-0.15, -0.1) is 0 Å². The first-order chi connectivity index (χ1) is 10.2. The van der Waals surface area contributed by atoms with Crippen LogP contribution in [0, 0.1) is 16.0 Å². The second-order valence-electron chi connectivity index (χ2n) is 5.42. The molecule has 21 heavy (non-hydrogen) atoms. The fourth-order valence-corrected chi connectivity index (χ4v) is 2.52. The molecule has 0 atom stereocenters. The number of rotatable bonds is 7. The SMILES string of the molecule is O=CC1CCN(CCNCc2ccc([N+](=O)[O-])cc2)CC1. The maximum atomic E-state index is 10.7. The largest absolute Gasteiger partial charge is 0.311 e. The Morgan fingerprint density at radius 3 is 2.52 bits per heavy atom. The molecule has 1 aliphatic heterocycles. The van der Waals surface area contributed by atoms with Crippen LogP contribution in [0.5, 0.6) is 0 Å². The molecule has 1 aromatic rings. The zero-order valence-corrected chi connectivity index (χ0v) is 12.0. The van der Waals surface area contributed by atoms with Crippen molar-refractivity contribution >= 4 is 12.0 Å². The van der Waals surface area contributed by atoms with Gasteiger partial charge in [0.1, 0.15) is 6.29 Å². The maximum Gasteiger partial charge on any atom is 0.269 e. The lowest BCUT2D eigenvalue weighted by Crippen LogP contribution is -2.38. The van der Waals surface area contributed by atoms with E-state index >= 15 is 0 Å². The minimum absolute atomic E-state index is 0.122. The van der Waals surface area contributed by atoms with Gasteiger partial charge in [-0.1, -0.05) is 12.1 Å². The number of hydrogen-bond donors (Lipinski definition) is 1. The highest BCUT2D eigenvalue weighted by atomic mass is 16.6. The lowest BCUT2D eigenvalue weighted by Gasteiger charge is -2.29. The molecule has 0 radical (unpaired) electrons. The highest BCUT2D eigenvalue weighted by Gasteiger charge is 2.17. The van der Waals surface area contributed by atoms with E-state index in [9.17, 15) is 14.9 Å². The molecule has 114 valence electrons. The fourth-order valence-electron chi connectivity index (χ4n) is 2.52. The van der Waals surface area contributed by atoms with Crippen LogP contribution in [0.4, 0.5) is 5.69 Å². The van der Waals surface area contributed by atoms with E-state index in [1.807, 2.05) is 0 Å². The Hall–Kier alpha value is -1.79. The summed E-state index contributed by atoms with van der Waals surface area (Å²) < 4.78 is 0. The lowest BCUT2D eigenvalue weighted by atomic mass is 9.99. The maximum absolute atomic E-state index is 10.7. The summed E-state index contributed by atoms with van der Waals surface area (Å²) in [5.41, 5.74) is 1.16. The molecule has 0 aliphatic carbocycles. The van der Waals surface area contributed by atoms with Crippen LogP contribution in [-0.2, 0) is 11.3 Å². The predicted octanol–water partition coefficient (Wildman–Crippen LogP) is 1.60. The summed E-state index contributed by atoms with van der Waals surface area (Å²) in [7, 11) is 0. The van der Waals surface area contributed by atoms with Gasteiger partial charge in [0, 0.05) is 37.7 Å². The van der Waals surface area contributed by atoms with E-state index in [2.05, 4.69) is 10.2 Å². The second kappa shape index (κ2) is 7.85. The number of carbonyl (C=O) groups is 1. The monoisotopic (exact) mass is 291 g/mol. The number of hydrogen-bond acceptors (Lipinski definition) is 5. The van der Waals surface area contributed by atoms with Gasteiger partial charge in [-0.25, -0.2) is 0 Å². The molecule has 0 saturated carbocycles. The molecule has 0 bridgehead atoms. The molecule has 1 aliphatic rings. The molecule has 1 fully saturated rings. The first kappa shape index (κ1) is 15.6. The van der Waals surface area contributed by atoms with Crippen LogP contribution in [0.25, 0.3) is 0 Å². The minimum atomic E-state index is -0.389. The van der Waals surface area contributed by atoms with E-state index in [1.165, 1.54) is 12.1 Å². The average molecular weight is 291 g/mol. The first-order valence-electron chi connectivity index (χ1n) is 7.30. The van der Waals surface area contributed by atoms with E-state index in [1.54, 1.807) is 12.1 Å². The van der Waals surface area contributed by atoms with Crippen LogP contribution < -0.4 is 5.32 Å². The molecule has 6 heteroatoms. The standard InChI is InChI=1S/C15H21N3O3/c19-12-14-5-8-17(9-6-14)10-7-16-11-13-1-3-15(4-2-13)18(20)21/h1-4,12,14,16H,5-11H2. The van der Waals surface area contributed by atoms with Gasteiger partial charge in [-0.2, -0.15) is 0 Å². The predicted molar refractivity (Wildman–Crippen MR) is 80.0 cm³/mol. The topological polar surface area (TPSA) is 75.5 Å². The molecule has 0 amide bonds. The smallest absolute Gasteiger partial charge is 0.269 e. The highest BCUT2D eigenvalue weighted by molar-refractivity contribution is 5.53. The lowest BCUT2D eigenvalue weighted by molar-refractivity contribution is -0.384. The average Bonchev–Trinajstić information content (AvgIpc) is 2.52. The Bertz CT molecular complexity index is 468. The summed E-state index contributed by atoms with van der Waals surface area (Å²) in [6.45, 7) is 4.54. The first-order valence-corrected chi connectivity index (χ1v) is 7.30. The molecule has 1 saturated heterocycles. The second-order valence-corrected chi connectivity index (χ2v) is 5.42. The van der Waals surface area contributed by atoms with Gasteiger partial charge in [0.05, 0.1) is 4.92 Å². The number of nitrogens with zero attached hydrogens (tertiary/aromatic N) is 2. The molecule has 2 rings (SSSR count). The zero-order chi connectivity index (χ0) is 15.1. The number of nitro groups is 1. The van der Waals surface area contributed by atoms with Gasteiger partial charge >= 0.3 is 0 Å². The Morgan fingerprint density at radius 2 is 1.95 bits per heavy atom.